The Balaban J connectivity index is 2.44. The molecular formula is C14H9Br2FO2. The number of ether oxygens (including phenoxy) is 1. The molecule has 0 saturated carbocycles. The summed E-state index contributed by atoms with van der Waals surface area (Å²) in [4.78, 5) is 12.4. The van der Waals surface area contributed by atoms with Gasteiger partial charge in [-0.25, -0.2) is 4.39 Å². The lowest BCUT2D eigenvalue weighted by molar-refractivity contribution is 0.103. The van der Waals surface area contributed by atoms with Crippen LogP contribution in [0.3, 0.4) is 0 Å². The van der Waals surface area contributed by atoms with Crippen LogP contribution < -0.4 is 4.74 Å². The molecule has 0 aliphatic heterocycles. The van der Waals surface area contributed by atoms with E-state index in [0.29, 0.717) is 25.8 Å². The molecule has 5 heteroatoms. The Morgan fingerprint density at radius 1 is 1.05 bits per heavy atom. The van der Waals surface area contributed by atoms with Crippen LogP contribution in [0, 0.1) is 5.82 Å². The molecule has 0 fully saturated rings. The predicted molar refractivity (Wildman–Crippen MR) is 78.2 cm³/mol. The van der Waals surface area contributed by atoms with Gasteiger partial charge in [0.1, 0.15) is 11.6 Å². The third kappa shape index (κ3) is 3.04. The van der Waals surface area contributed by atoms with Crippen LogP contribution in [0.5, 0.6) is 5.75 Å². The second-order valence-electron chi connectivity index (χ2n) is 3.80. The van der Waals surface area contributed by atoms with Crippen molar-refractivity contribution < 1.29 is 13.9 Å². The Kier molecular flexibility index (Phi) is 4.37. The van der Waals surface area contributed by atoms with E-state index in [9.17, 15) is 9.18 Å². The molecule has 0 spiro atoms. The molecule has 0 N–H and O–H groups in total. The van der Waals surface area contributed by atoms with Crippen LogP contribution in [0.1, 0.15) is 15.9 Å². The molecule has 19 heavy (non-hydrogen) atoms. The number of rotatable bonds is 3. The molecule has 0 aliphatic carbocycles. The highest BCUT2D eigenvalue weighted by Gasteiger charge is 2.16. The van der Waals surface area contributed by atoms with E-state index in [4.69, 9.17) is 4.74 Å². The van der Waals surface area contributed by atoms with E-state index >= 15 is 0 Å². The summed E-state index contributed by atoms with van der Waals surface area (Å²) in [5, 5.41) is 0. The van der Waals surface area contributed by atoms with E-state index in [1.54, 1.807) is 25.3 Å². The summed E-state index contributed by atoms with van der Waals surface area (Å²) in [7, 11) is 1.56. The molecule has 2 rings (SSSR count). The molecule has 0 heterocycles. The maximum absolute atomic E-state index is 13.0. The highest BCUT2D eigenvalue weighted by Crippen LogP contribution is 2.27. The van der Waals surface area contributed by atoms with Crippen molar-refractivity contribution in [3.8, 4) is 5.75 Å². The highest BCUT2D eigenvalue weighted by molar-refractivity contribution is 9.11. The molecule has 0 aromatic heterocycles. The third-order valence-electron chi connectivity index (χ3n) is 2.60. The number of halogens is 3. The maximum Gasteiger partial charge on any atom is 0.195 e. The van der Waals surface area contributed by atoms with E-state index in [1.165, 1.54) is 18.2 Å². The molecule has 0 bridgehead atoms. The van der Waals surface area contributed by atoms with Crippen molar-refractivity contribution in [2.24, 2.45) is 0 Å². The summed E-state index contributed by atoms with van der Waals surface area (Å²) in [6, 6.07) is 9.07. The fourth-order valence-corrected chi connectivity index (χ4v) is 2.69. The minimum absolute atomic E-state index is 0.193. The average molecular weight is 388 g/mol. The Morgan fingerprint density at radius 3 is 2.16 bits per heavy atom. The van der Waals surface area contributed by atoms with Gasteiger partial charge in [0.15, 0.2) is 5.78 Å². The minimum atomic E-state index is -0.391. The molecule has 2 aromatic carbocycles. The standard InChI is InChI=1S/C14H9Br2FO2/c1-19-9-3-5-11(13(16)7-9)14(18)10-4-2-8(17)6-12(10)15/h2-7H,1H3. The van der Waals surface area contributed by atoms with Crippen molar-refractivity contribution >= 4 is 37.6 Å². The Hall–Kier alpha value is -1.20. The van der Waals surface area contributed by atoms with Gasteiger partial charge in [-0.15, -0.1) is 0 Å². The first-order valence-corrected chi connectivity index (χ1v) is 6.95. The lowest BCUT2D eigenvalue weighted by Gasteiger charge is -2.07. The van der Waals surface area contributed by atoms with Crippen LogP contribution in [0.2, 0.25) is 0 Å². The summed E-state index contributed by atoms with van der Waals surface area (Å²) < 4.78 is 19.2. The molecule has 0 unspecified atom stereocenters. The van der Waals surface area contributed by atoms with Gasteiger partial charge in [0.05, 0.1) is 7.11 Å². The lowest BCUT2D eigenvalue weighted by atomic mass is 10.0. The van der Waals surface area contributed by atoms with Crippen molar-refractivity contribution in [3.05, 3.63) is 62.3 Å². The van der Waals surface area contributed by atoms with Gasteiger partial charge in [-0.1, -0.05) is 0 Å². The predicted octanol–water partition coefficient (Wildman–Crippen LogP) is 4.59. The van der Waals surface area contributed by atoms with E-state index in [2.05, 4.69) is 31.9 Å². The second-order valence-corrected chi connectivity index (χ2v) is 5.51. The third-order valence-corrected chi connectivity index (χ3v) is 3.91. The molecular weight excluding hydrogens is 379 g/mol. The molecule has 0 radical (unpaired) electrons. The Labute approximate surface area is 126 Å². The molecule has 2 aromatic rings. The van der Waals surface area contributed by atoms with Crippen molar-refractivity contribution in [2.75, 3.05) is 7.11 Å². The van der Waals surface area contributed by atoms with E-state index < -0.39 is 5.82 Å². The van der Waals surface area contributed by atoms with Crippen LogP contribution in [0.4, 0.5) is 4.39 Å². The van der Waals surface area contributed by atoms with Crippen molar-refractivity contribution in [3.63, 3.8) is 0 Å². The normalized spacial score (nSPS) is 10.3. The number of hydrogen-bond acceptors (Lipinski definition) is 2. The van der Waals surface area contributed by atoms with Crippen molar-refractivity contribution in [2.45, 2.75) is 0 Å². The van der Waals surface area contributed by atoms with Crippen LogP contribution in [0.15, 0.2) is 45.3 Å². The lowest BCUT2D eigenvalue weighted by Crippen LogP contribution is -2.04. The van der Waals surface area contributed by atoms with Crippen molar-refractivity contribution in [1.29, 1.82) is 0 Å². The van der Waals surface area contributed by atoms with Gasteiger partial charge in [0, 0.05) is 20.1 Å². The number of carbonyl (C=O) groups is 1. The number of ketones is 1. The summed E-state index contributed by atoms with van der Waals surface area (Å²) in [5.74, 6) is 0.0696. The van der Waals surface area contributed by atoms with E-state index in [0.717, 1.165) is 0 Å². The van der Waals surface area contributed by atoms with Crippen LogP contribution in [-0.4, -0.2) is 12.9 Å². The first kappa shape index (κ1) is 14.2. The SMILES string of the molecule is COc1ccc(C(=O)c2ccc(F)cc2Br)c(Br)c1. The summed E-state index contributed by atoms with van der Waals surface area (Å²) in [6.07, 6.45) is 0. The average Bonchev–Trinajstić information content (AvgIpc) is 2.37. The largest absolute Gasteiger partial charge is 0.497 e. The quantitative estimate of drug-likeness (QED) is 0.720. The van der Waals surface area contributed by atoms with Gasteiger partial charge in [0.2, 0.25) is 0 Å². The Bertz CT molecular complexity index is 641. The fourth-order valence-electron chi connectivity index (χ4n) is 1.63. The summed E-state index contributed by atoms with van der Waals surface area (Å²) in [6.45, 7) is 0. The minimum Gasteiger partial charge on any atom is -0.497 e. The zero-order valence-electron chi connectivity index (χ0n) is 9.91. The van der Waals surface area contributed by atoms with Crippen molar-refractivity contribution in [1.82, 2.24) is 0 Å². The number of carbonyl (C=O) groups excluding carboxylic acids is 1. The molecule has 2 nitrogen and oxygen atoms in total. The van der Waals surface area contributed by atoms with Crippen LogP contribution >= 0.6 is 31.9 Å². The smallest absolute Gasteiger partial charge is 0.195 e. The first-order valence-electron chi connectivity index (χ1n) is 5.36. The number of hydrogen-bond donors (Lipinski definition) is 0. The molecule has 0 amide bonds. The van der Waals surface area contributed by atoms with Gasteiger partial charge >= 0.3 is 0 Å². The van der Waals surface area contributed by atoms with Gasteiger partial charge < -0.3 is 4.74 Å². The van der Waals surface area contributed by atoms with Gasteiger partial charge in [-0.3, -0.25) is 4.79 Å². The van der Waals surface area contributed by atoms with Gasteiger partial charge in [-0.05, 0) is 68.3 Å². The molecule has 98 valence electrons. The molecule has 0 aliphatic rings. The van der Waals surface area contributed by atoms with Gasteiger partial charge in [0.25, 0.3) is 0 Å². The Morgan fingerprint density at radius 2 is 1.63 bits per heavy atom. The zero-order valence-corrected chi connectivity index (χ0v) is 13.1. The van der Waals surface area contributed by atoms with Crippen LogP contribution in [-0.2, 0) is 0 Å². The molecule has 0 saturated heterocycles. The second kappa shape index (κ2) is 5.84. The molecule has 0 atom stereocenters. The first-order chi connectivity index (χ1) is 9.02. The number of methoxy groups -OCH3 is 1. The topological polar surface area (TPSA) is 26.3 Å². The van der Waals surface area contributed by atoms with Crippen LogP contribution in [0.25, 0.3) is 0 Å². The maximum atomic E-state index is 13.0. The van der Waals surface area contributed by atoms with E-state index in [1.807, 2.05) is 0 Å². The number of benzene rings is 2. The zero-order chi connectivity index (χ0) is 14.0. The summed E-state index contributed by atoms with van der Waals surface area (Å²) >= 11 is 6.53. The van der Waals surface area contributed by atoms with Gasteiger partial charge in [-0.2, -0.15) is 0 Å². The highest BCUT2D eigenvalue weighted by atomic mass is 79.9. The fraction of sp³-hybridized carbons (Fsp3) is 0.0714. The monoisotopic (exact) mass is 386 g/mol. The summed E-state index contributed by atoms with van der Waals surface area (Å²) in [5.41, 5.74) is 0.903. The van der Waals surface area contributed by atoms with E-state index in [-0.39, 0.29) is 5.78 Å².